The van der Waals surface area contributed by atoms with E-state index in [1.165, 1.54) is 5.56 Å². The maximum Gasteiger partial charge on any atom is 0.244 e. The van der Waals surface area contributed by atoms with Crippen LogP contribution in [0.3, 0.4) is 0 Å². The third kappa shape index (κ3) is 4.78. The minimum atomic E-state index is -0.139. The molecule has 0 spiro atoms. The number of carbonyl (C=O) groups excluding carboxylic acids is 1. The van der Waals surface area contributed by atoms with Gasteiger partial charge in [0.05, 0.1) is 12.6 Å². The maximum absolute atomic E-state index is 12.2. The number of hydrogen-bond acceptors (Lipinski definition) is 2. The van der Waals surface area contributed by atoms with Crippen molar-refractivity contribution >= 4 is 34.6 Å². The van der Waals surface area contributed by atoms with Crippen LogP contribution in [-0.2, 0) is 17.8 Å². The minimum absolute atomic E-state index is 0.139. The normalized spacial score (nSPS) is 11.3. The van der Waals surface area contributed by atoms with E-state index in [0.29, 0.717) is 6.42 Å². The van der Waals surface area contributed by atoms with Gasteiger partial charge in [-0.25, -0.2) is 5.43 Å². The van der Waals surface area contributed by atoms with Gasteiger partial charge >= 0.3 is 0 Å². The van der Waals surface area contributed by atoms with Crippen LogP contribution in [0, 0.1) is 6.92 Å². The number of rotatable bonds is 6. The monoisotopic (exact) mass is 415 g/mol. The zero-order valence-corrected chi connectivity index (χ0v) is 17.4. The van der Waals surface area contributed by atoms with Gasteiger partial charge in [0.2, 0.25) is 5.91 Å². The fourth-order valence-electron chi connectivity index (χ4n) is 3.40. The predicted octanol–water partition coefficient (Wildman–Crippen LogP) is 5.34. The molecule has 0 aliphatic rings. The second kappa shape index (κ2) is 8.97. The number of benzene rings is 3. The van der Waals surface area contributed by atoms with Crippen LogP contribution in [0.1, 0.15) is 22.3 Å². The Morgan fingerprint density at radius 3 is 2.47 bits per heavy atom. The summed E-state index contributed by atoms with van der Waals surface area (Å²) < 4.78 is 2.17. The van der Waals surface area contributed by atoms with Gasteiger partial charge < -0.3 is 4.57 Å². The summed E-state index contributed by atoms with van der Waals surface area (Å²) in [4.78, 5) is 12.2. The first-order valence-electron chi connectivity index (χ1n) is 9.78. The standard InChI is InChI=1S/C25H22ClN3O/c1-18-6-8-19(9-7-18)14-25(30)28-27-15-21-17-29(24-5-3-2-4-23(21)24)16-20-10-12-22(26)13-11-20/h2-13,15,17H,14,16H2,1H3,(H,28,30)/b27-15-. The summed E-state index contributed by atoms with van der Waals surface area (Å²) in [6.45, 7) is 2.75. The molecule has 0 saturated heterocycles. The van der Waals surface area contributed by atoms with Crippen molar-refractivity contribution in [3.8, 4) is 0 Å². The van der Waals surface area contributed by atoms with Gasteiger partial charge in [-0.2, -0.15) is 5.10 Å². The predicted molar refractivity (Wildman–Crippen MR) is 123 cm³/mol. The summed E-state index contributed by atoms with van der Waals surface area (Å²) in [5, 5.41) is 6.00. The third-order valence-electron chi connectivity index (χ3n) is 4.96. The number of carbonyl (C=O) groups is 1. The molecule has 1 N–H and O–H groups in total. The van der Waals surface area contributed by atoms with E-state index in [1.54, 1.807) is 6.21 Å². The van der Waals surface area contributed by atoms with Crippen LogP contribution < -0.4 is 5.43 Å². The zero-order chi connectivity index (χ0) is 20.9. The number of hydrogen-bond donors (Lipinski definition) is 1. The largest absolute Gasteiger partial charge is 0.342 e. The summed E-state index contributed by atoms with van der Waals surface area (Å²) in [5.74, 6) is -0.139. The quantitative estimate of drug-likeness (QED) is 0.335. The van der Waals surface area contributed by atoms with Crippen LogP contribution in [0.5, 0.6) is 0 Å². The lowest BCUT2D eigenvalue weighted by Crippen LogP contribution is -2.19. The second-order valence-corrected chi connectivity index (χ2v) is 7.75. The Hall–Kier alpha value is -3.37. The first-order valence-corrected chi connectivity index (χ1v) is 10.2. The Labute approximate surface area is 180 Å². The van der Waals surface area contributed by atoms with E-state index in [0.717, 1.165) is 39.2 Å². The number of aryl methyl sites for hydroxylation is 1. The molecule has 1 aromatic heterocycles. The first-order chi connectivity index (χ1) is 14.6. The smallest absolute Gasteiger partial charge is 0.244 e. The minimum Gasteiger partial charge on any atom is -0.342 e. The number of halogens is 1. The van der Waals surface area contributed by atoms with E-state index in [1.807, 2.05) is 67.6 Å². The third-order valence-corrected chi connectivity index (χ3v) is 5.22. The number of para-hydroxylation sites is 1. The molecular formula is C25H22ClN3O. The molecule has 4 rings (SSSR count). The molecule has 1 heterocycles. The molecule has 3 aromatic carbocycles. The molecule has 150 valence electrons. The lowest BCUT2D eigenvalue weighted by molar-refractivity contribution is -0.120. The number of aromatic nitrogens is 1. The van der Waals surface area contributed by atoms with Gasteiger partial charge in [0.25, 0.3) is 0 Å². The lowest BCUT2D eigenvalue weighted by Gasteiger charge is -2.05. The number of fused-ring (bicyclic) bond motifs is 1. The maximum atomic E-state index is 12.2. The van der Waals surface area contributed by atoms with Crippen molar-refractivity contribution in [2.75, 3.05) is 0 Å². The number of nitrogens with zero attached hydrogens (tertiary/aromatic N) is 2. The van der Waals surface area contributed by atoms with Gasteiger partial charge in [0.15, 0.2) is 0 Å². The Morgan fingerprint density at radius 2 is 1.70 bits per heavy atom. The topological polar surface area (TPSA) is 46.4 Å². The highest BCUT2D eigenvalue weighted by Crippen LogP contribution is 2.21. The van der Waals surface area contributed by atoms with Crippen molar-refractivity contribution in [3.05, 3.63) is 106 Å². The molecular weight excluding hydrogens is 394 g/mol. The van der Waals surface area contributed by atoms with Crippen LogP contribution >= 0.6 is 11.6 Å². The molecule has 0 aliphatic carbocycles. The number of amides is 1. The van der Waals surface area contributed by atoms with Crippen LogP contribution in [0.4, 0.5) is 0 Å². The number of hydrazone groups is 1. The SMILES string of the molecule is Cc1ccc(CC(=O)N/N=C\c2cn(Cc3ccc(Cl)cc3)c3ccccc23)cc1. The summed E-state index contributed by atoms with van der Waals surface area (Å²) in [6, 6.07) is 23.9. The zero-order valence-electron chi connectivity index (χ0n) is 16.7. The lowest BCUT2D eigenvalue weighted by atomic mass is 10.1. The van der Waals surface area contributed by atoms with Crippen LogP contribution in [0.15, 0.2) is 84.1 Å². The average Bonchev–Trinajstić information content (AvgIpc) is 3.09. The highest BCUT2D eigenvalue weighted by atomic mass is 35.5. The Morgan fingerprint density at radius 1 is 1.00 bits per heavy atom. The Bertz CT molecular complexity index is 1190. The summed E-state index contributed by atoms with van der Waals surface area (Å²) in [6.07, 6.45) is 4.05. The van der Waals surface area contributed by atoms with E-state index in [-0.39, 0.29) is 5.91 Å². The van der Waals surface area contributed by atoms with Crippen molar-refractivity contribution in [1.82, 2.24) is 9.99 Å². The molecule has 0 fully saturated rings. The molecule has 1 amide bonds. The van der Waals surface area contributed by atoms with E-state index < -0.39 is 0 Å². The molecule has 30 heavy (non-hydrogen) atoms. The summed E-state index contributed by atoms with van der Waals surface area (Å²) in [5.41, 5.74) is 8.00. The highest BCUT2D eigenvalue weighted by molar-refractivity contribution is 6.30. The van der Waals surface area contributed by atoms with E-state index in [9.17, 15) is 4.79 Å². The van der Waals surface area contributed by atoms with Gasteiger partial charge in [-0.3, -0.25) is 4.79 Å². The van der Waals surface area contributed by atoms with Crippen molar-refractivity contribution in [1.29, 1.82) is 0 Å². The summed E-state index contributed by atoms with van der Waals surface area (Å²) in [7, 11) is 0. The van der Waals surface area contributed by atoms with E-state index >= 15 is 0 Å². The van der Waals surface area contributed by atoms with Crippen molar-refractivity contribution < 1.29 is 4.79 Å². The van der Waals surface area contributed by atoms with Crippen molar-refractivity contribution in [3.63, 3.8) is 0 Å². The van der Waals surface area contributed by atoms with E-state index in [2.05, 4.69) is 33.4 Å². The average molecular weight is 416 g/mol. The molecule has 0 aliphatic heterocycles. The van der Waals surface area contributed by atoms with Gasteiger partial charge in [-0.05, 0) is 36.2 Å². The molecule has 0 bridgehead atoms. The van der Waals surface area contributed by atoms with Crippen molar-refractivity contribution in [2.45, 2.75) is 19.9 Å². The molecule has 0 radical (unpaired) electrons. The van der Waals surface area contributed by atoms with Crippen molar-refractivity contribution in [2.24, 2.45) is 5.10 Å². The molecule has 4 nitrogen and oxygen atoms in total. The van der Waals surface area contributed by atoms with Gasteiger partial charge in [0.1, 0.15) is 0 Å². The Kier molecular flexibility index (Phi) is 5.96. The molecule has 5 heteroatoms. The Balaban J connectivity index is 1.49. The van der Waals surface area contributed by atoms with Crippen LogP contribution in [0.25, 0.3) is 10.9 Å². The fourth-order valence-corrected chi connectivity index (χ4v) is 3.53. The van der Waals surface area contributed by atoms with Crippen LogP contribution in [-0.4, -0.2) is 16.7 Å². The highest BCUT2D eigenvalue weighted by Gasteiger charge is 2.08. The van der Waals surface area contributed by atoms with Gasteiger partial charge in [-0.15, -0.1) is 0 Å². The summed E-state index contributed by atoms with van der Waals surface area (Å²) >= 11 is 6.00. The second-order valence-electron chi connectivity index (χ2n) is 7.31. The first kappa shape index (κ1) is 19.9. The van der Waals surface area contributed by atoms with Crippen LogP contribution in [0.2, 0.25) is 5.02 Å². The fraction of sp³-hybridized carbons (Fsp3) is 0.120. The molecule has 0 unspecified atom stereocenters. The van der Waals surface area contributed by atoms with E-state index in [4.69, 9.17) is 11.6 Å². The van der Waals surface area contributed by atoms with Gasteiger partial charge in [-0.1, -0.05) is 71.8 Å². The molecule has 4 aromatic rings. The van der Waals surface area contributed by atoms with Gasteiger partial charge in [0, 0.05) is 34.2 Å². The number of nitrogens with one attached hydrogen (secondary N) is 1. The molecule has 0 atom stereocenters. The molecule has 0 saturated carbocycles.